The molecule has 0 amide bonds. The smallest absolute Gasteiger partial charge is 0.208 e. The first-order valence-corrected chi connectivity index (χ1v) is 13.4. The van der Waals surface area contributed by atoms with Gasteiger partial charge in [0, 0.05) is 43.3 Å². The first kappa shape index (κ1) is 25.4. The van der Waals surface area contributed by atoms with Crippen molar-refractivity contribution in [2.45, 2.75) is 18.9 Å². The van der Waals surface area contributed by atoms with Gasteiger partial charge in [0.1, 0.15) is 24.1 Å². The fourth-order valence-electron chi connectivity index (χ4n) is 3.95. The summed E-state index contributed by atoms with van der Waals surface area (Å²) in [5.74, 6) is 1.17. The lowest BCUT2D eigenvalue weighted by molar-refractivity contribution is 0.0993. The largest absolute Gasteiger partial charge is 0.493 e. The lowest BCUT2D eigenvalue weighted by Crippen LogP contribution is -2.42. The van der Waals surface area contributed by atoms with Gasteiger partial charge >= 0.3 is 0 Å². The third kappa shape index (κ3) is 6.69. The van der Waals surface area contributed by atoms with Crippen LogP contribution in [0.5, 0.6) is 11.5 Å². The molecule has 0 saturated carbocycles. The lowest BCUT2D eigenvalue weighted by atomic mass is 10.1. The summed E-state index contributed by atoms with van der Waals surface area (Å²) in [6.07, 6.45) is 4.17. The molecule has 2 N–H and O–H groups in total. The Balaban J connectivity index is 1.48. The van der Waals surface area contributed by atoms with Crippen LogP contribution in [-0.4, -0.2) is 68.9 Å². The van der Waals surface area contributed by atoms with Crippen LogP contribution in [0.1, 0.15) is 12.8 Å². The number of halogens is 2. The summed E-state index contributed by atoms with van der Waals surface area (Å²) in [5, 5.41) is 3.89. The molecule has 0 atom stereocenters. The predicted octanol–water partition coefficient (Wildman–Crippen LogP) is 3.57. The molecule has 1 aliphatic rings. The highest BCUT2D eigenvalue weighted by Gasteiger charge is 2.22. The summed E-state index contributed by atoms with van der Waals surface area (Å²) in [6, 6.07) is 7.99. The van der Waals surface area contributed by atoms with Crippen molar-refractivity contribution in [2.75, 3.05) is 44.9 Å². The monoisotopic (exact) mass is 523 g/mol. The fourth-order valence-corrected chi connectivity index (χ4v) is 4.59. The van der Waals surface area contributed by atoms with Crippen LogP contribution < -0.4 is 19.5 Å². The molecule has 12 heteroatoms. The molecule has 3 aromatic rings. The lowest BCUT2D eigenvalue weighted by Gasteiger charge is -2.32. The Hall–Kier alpha value is -2.73. The standard InChI is InChI=1S/C23H27ClFN5O4S/c1-33-21-13-20-17(23(27-14-26-20)29-15-3-4-19(25)18(24)11-15)12-22(21)34-16-5-8-30(9-6-16)10-7-28-35(2,31)32/h3-4,11-14,16,28H,5-10H2,1-2H3,(H,26,27,29). The highest BCUT2D eigenvalue weighted by Crippen LogP contribution is 2.36. The highest BCUT2D eigenvalue weighted by molar-refractivity contribution is 7.88. The normalized spacial score (nSPS) is 15.3. The molecular weight excluding hydrogens is 497 g/mol. The van der Waals surface area contributed by atoms with Gasteiger partial charge in [-0.1, -0.05) is 11.6 Å². The number of nitrogens with one attached hydrogen (secondary N) is 2. The number of sulfonamides is 1. The van der Waals surface area contributed by atoms with Crippen LogP contribution in [0.3, 0.4) is 0 Å². The first-order valence-electron chi connectivity index (χ1n) is 11.1. The summed E-state index contributed by atoms with van der Waals surface area (Å²) < 4.78 is 50.4. The SMILES string of the molecule is COc1cc2ncnc(Nc3ccc(F)c(Cl)c3)c2cc1OC1CCN(CCNS(C)(=O)=O)CC1. The van der Waals surface area contributed by atoms with Crippen LogP contribution in [0.25, 0.3) is 10.9 Å². The number of benzene rings is 2. The van der Waals surface area contributed by atoms with Crippen molar-refractivity contribution in [3.05, 3.63) is 47.5 Å². The summed E-state index contributed by atoms with van der Waals surface area (Å²) in [7, 11) is -1.61. The maximum atomic E-state index is 13.5. The van der Waals surface area contributed by atoms with E-state index in [4.69, 9.17) is 21.1 Å². The third-order valence-electron chi connectivity index (χ3n) is 5.72. The van der Waals surface area contributed by atoms with E-state index in [1.54, 1.807) is 19.2 Å². The van der Waals surface area contributed by atoms with Gasteiger partial charge in [-0.2, -0.15) is 0 Å². The van der Waals surface area contributed by atoms with E-state index in [1.165, 1.54) is 18.5 Å². The van der Waals surface area contributed by atoms with Gasteiger partial charge in [0.25, 0.3) is 0 Å². The number of fused-ring (bicyclic) bond motifs is 1. The molecule has 4 rings (SSSR count). The molecule has 188 valence electrons. The topological polar surface area (TPSA) is 106 Å². The van der Waals surface area contributed by atoms with Crippen molar-refractivity contribution in [3.63, 3.8) is 0 Å². The molecule has 0 bridgehead atoms. The number of hydrogen-bond donors (Lipinski definition) is 2. The van der Waals surface area contributed by atoms with Crippen LogP contribution >= 0.6 is 11.6 Å². The number of piperidine rings is 1. The second kappa shape index (κ2) is 10.9. The van der Waals surface area contributed by atoms with Gasteiger partial charge in [-0.3, -0.25) is 0 Å². The zero-order chi connectivity index (χ0) is 25.0. The van der Waals surface area contributed by atoms with E-state index in [0.29, 0.717) is 47.0 Å². The number of hydrogen-bond acceptors (Lipinski definition) is 8. The minimum atomic E-state index is -3.18. The summed E-state index contributed by atoms with van der Waals surface area (Å²) in [6.45, 7) is 2.64. The molecule has 1 fully saturated rings. The Morgan fingerprint density at radius 2 is 1.94 bits per heavy atom. The number of ether oxygens (including phenoxy) is 2. The number of aromatic nitrogens is 2. The van der Waals surface area contributed by atoms with Gasteiger partial charge in [-0.05, 0) is 37.1 Å². The van der Waals surface area contributed by atoms with Gasteiger partial charge in [-0.15, -0.1) is 0 Å². The van der Waals surface area contributed by atoms with E-state index in [-0.39, 0.29) is 11.1 Å². The Bertz CT molecular complexity index is 1300. The Morgan fingerprint density at radius 3 is 2.63 bits per heavy atom. The minimum Gasteiger partial charge on any atom is -0.493 e. The van der Waals surface area contributed by atoms with Crippen molar-refractivity contribution >= 4 is 44.0 Å². The van der Waals surface area contributed by atoms with E-state index in [9.17, 15) is 12.8 Å². The molecule has 1 aromatic heterocycles. The molecule has 0 spiro atoms. The van der Waals surface area contributed by atoms with Crippen molar-refractivity contribution in [2.24, 2.45) is 0 Å². The second-order valence-electron chi connectivity index (χ2n) is 8.32. The molecule has 9 nitrogen and oxygen atoms in total. The zero-order valence-electron chi connectivity index (χ0n) is 19.4. The van der Waals surface area contributed by atoms with E-state index < -0.39 is 15.8 Å². The maximum Gasteiger partial charge on any atom is 0.208 e. The van der Waals surface area contributed by atoms with Crippen LogP contribution in [-0.2, 0) is 10.0 Å². The fraction of sp³-hybridized carbons (Fsp3) is 0.391. The Labute approximate surface area is 208 Å². The van der Waals surface area contributed by atoms with E-state index in [0.717, 1.165) is 32.2 Å². The number of nitrogens with zero attached hydrogens (tertiary/aromatic N) is 3. The van der Waals surface area contributed by atoms with E-state index in [2.05, 4.69) is 24.9 Å². The molecule has 0 radical (unpaired) electrons. The average molecular weight is 524 g/mol. The molecule has 35 heavy (non-hydrogen) atoms. The molecule has 1 saturated heterocycles. The van der Waals surface area contributed by atoms with Crippen molar-refractivity contribution in [1.82, 2.24) is 19.6 Å². The van der Waals surface area contributed by atoms with Crippen LogP contribution in [0.4, 0.5) is 15.9 Å². The quantitative estimate of drug-likeness (QED) is 0.438. The summed E-state index contributed by atoms with van der Waals surface area (Å²) in [5.41, 5.74) is 1.25. The molecule has 1 aliphatic heterocycles. The van der Waals surface area contributed by atoms with Gasteiger partial charge in [-0.25, -0.2) is 27.5 Å². The highest BCUT2D eigenvalue weighted by atomic mass is 35.5. The number of methoxy groups -OCH3 is 1. The predicted molar refractivity (Wildman–Crippen MR) is 134 cm³/mol. The molecule has 0 unspecified atom stereocenters. The van der Waals surface area contributed by atoms with Crippen LogP contribution in [0.15, 0.2) is 36.7 Å². The maximum absolute atomic E-state index is 13.5. The van der Waals surface area contributed by atoms with Crippen LogP contribution in [0.2, 0.25) is 5.02 Å². The minimum absolute atomic E-state index is 0.0116. The number of likely N-dealkylation sites (tertiary alicyclic amines) is 1. The van der Waals surface area contributed by atoms with Gasteiger partial charge in [0.05, 0.1) is 23.9 Å². The first-order chi connectivity index (χ1) is 16.7. The zero-order valence-corrected chi connectivity index (χ0v) is 21.0. The van der Waals surface area contributed by atoms with Gasteiger partial charge < -0.3 is 19.7 Å². The Kier molecular flexibility index (Phi) is 7.90. The summed E-state index contributed by atoms with van der Waals surface area (Å²) >= 11 is 5.91. The van der Waals surface area contributed by atoms with Gasteiger partial charge in [0.15, 0.2) is 11.5 Å². The molecule has 0 aliphatic carbocycles. The average Bonchev–Trinajstić information content (AvgIpc) is 2.82. The summed E-state index contributed by atoms with van der Waals surface area (Å²) in [4.78, 5) is 10.9. The number of anilines is 2. The van der Waals surface area contributed by atoms with E-state index in [1.807, 2.05) is 6.07 Å². The molecule has 2 aromatic carbocycles. The van der Waals surface area contributed by atoms with Crippen molar-refractivity contribution < 1.29 is 22.3 Å². The Morgan fingerprint density at radius 1 is 1.17 bits per heavy atom. The van der Waals surface area contributed by atoms with Crippen LogP contribution in [0, 0.1) is 5.82 Å². The van der Waals surface area contributed by atoms with Crippen molar-refractivity contribution in [1.29, 1.82) is 0 Å². The van der Waals surface area contributed by atoms with Crippen molar-refractivity contribution in [3.8, 4) is 11.5 Å². The third-order valence-corrected chi connectivity index (χ3v) is 6.74. The molecular formula is C23H27ClFN5O4S. The second-order valence-corrected chi connectivity index (χ2v) is 10.6. The van der Waals surface area contributed by atoms with Gasteiger partial charge in [0.2, 0.25) is 10.0 Å². The molecule has 2 heterocycles. The number of rotatable bonds is 9. The van der Waals surface area contributed by atoms with E-state index >= 15 is 0 Å².